The number of hydrogen-bond acceptors (Lipinski definition) is 4. The van der Waals surface area contributed by atoms with Crippen molar-refractivity contribution in [1.82, 2.24) is 0 Å². The third-order valence-electron chi connectivity index (χ3n) is 25.3. The minimum absolute atomic E-state index is 0.173. The van der Waals surface area contributed by atoms with E-state index in [1.54, 1.807) is 0 Å². The first-order chi connectivity index (χ1) is 58.2. The summed E-state index contributed by atoms with van der Waals surface area (Å²) in [5.41, 5.74) is 34.9. The van der Waals surface area contributed by atoms with Crippen LogP contribution in [0.3, 0.4) is 0 Å². The average molecular weight is 1510 g/mol. The van der Waals surface area contributed by atoms with Crippen molar-refractivity contribution >= 4 is 99.5 Å². The fraction of sp³-hybridized carbons (Fsp3) is 0.0351. The molecule has 2 aliphatic carbocycles. The Hall–Kier alpha value is -15.1. The highest BCUT2D eigenvalue weighted by Gasteiger charge is 2.47. The van der Waals surface area contributed by atoms with E-state index in [4.69, 9.17) is 8.83 Å². The Morgan fingerprint density at radius 1 is 0.203 bits per heavy atom. The maximum absolute atomic E-state index is 7.05. The zero-order chi connectivity index (χ0) is 78.2. The van der Waals surface area contributed by atoms with Crippen molar-refractivity contribution in [3.8, 4) is 89.0 Å². The molecule has 0 radical (unpaired) electrons. The molecule has 2 aromatic heterocycles. The summed E-state index contributed by atoms with van der Waals surface area (Å²) in [4.78, 5) is 4.95. The summed E-state index contributed by atoms with van der Waals surface area (Å²) in [6, 6.07) is 157. The predicted molar refractivity (Wildman–Crippen MR) is 493 cm³/mol. The predicted octanol–water partition coefficient (Wildman–Crippen LogP) is 31.4. The lowest BCUT2D eigenvalue weighted by atomic mass is 9.67. The highest BCUT2D eigenvalue weighted by atomic mass is 16.3. The van der Waals surface area contributed by atoms with Crippen LogP contribution in [0, 0.1) is 0 Å². The van der Waals surface area contributed by atoms with Crippen LogP contribution >= 0.6 is 0 Å². The lowest BCUT2D eigenvalue weighted by Crippen LogP contribution is -2.28. The van der Waals surface area contributed by atoms with Gasteiger partial charge < -0.3 is 18.6 Å². The maximum Gasteiger partial charge on any atom is 0.136 e. The molecule has 4 nitrogen and oxygen atoms in total. The van der Waals surface area contributed by atoms with Crippen LogP contribution in [0.5, 0.6) is 0 Å². The molecule has 1 unspecified atom stereocenters. The molecular formula is C114H76N2O2. The van der Waals surface area contributed by atoms with Gasteiger partial charge in [0.1, 0.15) is 22.3 Å². The van der Waals surface area contributed by atoms with E-state index in [1.807, 2.05) is 6.07 Å². The van der Waals surface area contributed by atoms with Crippen molar-refractivity contribution in [1.29, 1.82) is 0 Å². The van der Waals surface area contributed by atoms with Gasteiger partial charge in [0.05, 0.1) is 16.8 Å². The molecule has 21 aromatic rings. The standard InChI is InChI=1S/C114H76N2O2/c1-113(2)103-44-19-16-38-96(103)100-43-24-42-94(112(100)113)78-49-56-84(57-50-78)115(106-67-80(52-61-92(106)76-25-6-3-7-26-76)90-40-22-31-74-29-12-14-35-88(74)90)85-59-66-110-102(70-85)99-63-51-79(69-111(99)118-110)73-47-54-83(55-48-73)114(82-33-10-5-11-34-82)104-45-20-17-37-95(104)97-64-58-87(72-105(97)114)116(86-60-65-109-101(71-86)98-39-18-21-46-108(98)117-109)107-68-81(53-62-93(107)77-27-8-4-9-28-77)91-41-23-32-75-30-13-15-36-89(75)91/h3-72H,1-2H3. The van der Waals surface area contributed by atoms with Crippen molar-refractivity contribution in [3.05, 3.63) is 458 Å². The molecule has 0 N–H and O–H groups in total. The number of para-hydroxylation sites is 1. The van der Waals surface area contributed by atoms with Gasteiger partial charge >= 0.3 is 0 Å². The largest absolute Gasteiger partial charge is 0.456 e. The fourth-order valence-corrected chi connectivity index (χ4v) is 19.9. The number of rotatable bonds is 14. The highest BCUT2D eigenvalue weighted by molar-refractivity contribution is 6.10. The molecule has 2 aliphatic rings. The van der Waals surface area contributed by atoms with Crippen LogP contribution in [-0.2, 0) is 10.8 Å². The second-order valence-electron chi connectivity index (χ2n) is 32.1. The molecule has 0 aliphatic heterocycles. The van der Waals surface area contributed by atoms with Gasteiger partial charge in [0, 0.05) is 60.8 Å². The summed E-state index contributed by atoms with van der Waals surface area (Å²) in [7, 11) is 0. The summed E-state index contributed by atoms with van der Waals surface area (Å²) in [5.74, 6) is 0. The van der Waals surface area contributed by atoms with Crippen LogP contribution in [0.1, 0.15) is 47.2 Å². The Balaban J connectivity index is 0.660. The third kappa shape index (κ3) is 10.9. The number of benzene rings is 19. The van der Waals surface area contributed by atoms with E-state index in [1.165, 1.54) is 99.4 Å². The topological polar surface area (TPSA) is 32.8 Å². The van der Waals surface area contributed by atoms with Crippen LogP contribution in [0.15, 0.2) is 433 Å². The number of anilines is 6. The fourth-order valence-electron chi connectivity index (χ4n) is 19.9. The summed E-state index contributed by atoms with van der Waals surface area (Å²) in [6.07, 6.45) is 0. The Kier molecular flexibility index (Phi) is 15.9. The maximum atomic E-state index is 7.05. The van der Waals surface area contributed by atoms with Gasteiger partial charge in [-0.2, -0.15) is 0 Å². The first kappa shape index (κ1) is 68.5. The van der Waals surface area contributed by atoms with Crippen molar-refractivity contribution < 1.29 is 8.83 Å². The van der Waals surface area contributed by atoms with E-state index in [0.29, 0.717) is 0 Å². The molecule has 4 heteroatoms. The Morgan fingerprint density at radius 2 is 0.602 bits per heavy atom. The van der Waals surface area contributed by atoms with E-state index in [2.05, 4.69) is 442 Å². The monoisotopic (exact) mass is 1500 g/mol. The van der Waals surface area contributed by atoms with Gasteiger partial charge in [-0.1, -0.05) is 347 Å². The SMILES string of the molecule is CC1(C)c2ccccc2-c2cccc(-c3ccc(N(c4ccc5oc6cc(-c7ccc(C8(c9ccccc9)c9ccccc9-c9ccc(N(c%10ccc%11oc%12ccccc%12c%11c%10)c%10cc(-c%11cccc%12ccccc%11%12)ccc%10-c%10ccccc%10)cc98)cc7)ccc6c5c4)c4cc(-c5cccc6ccccc56)ccc4-c4ccccc4)cc3)c21. The summed E-state index contributed by atoms with van der Waals surface area (Å²) < 4.78 is 13.6. The minimum Gasteiger partial charge on any atom is -0.456 e. The molecule has 0 bridgehead atoms. The normalized spacial score (nSPS) is 13.8. The van der Waals surface area contributed by atoms with Crippen LogP contribution in [0.4, 0.5) is 34.1 Å². The molecule has 19 aromatic carbocycles. The van der Waals surface area contributed by atoms with Gasteiger partial charge in [-0.3, -0.25) is 0 Å². The van der Waals surface area contributed by atoms with E-state index < -0.39 is 5.41 Å². The first-order valence-electron chi connectivity index (χ1n) is 40.8. The van der Waals surface area contributed by atoms with Crippen molar-refractivity contribution in [2.75, 3.05) is 9.80 Å². The quantitative estimate of drug-likeness (QED) is 0.109. The molecule has 554 valence electrons. The number of nitrogens with zero attached hydrogens (tertiary/aromatic N) is 2. The molecule has 118 heavy (non-hydrogen) atoms. The Labute approximate surface area is 685 Å². The molecular weight excluding hydrogens is 1430 g/mol. The van der Waals surface area contributed by atoms with Gasteiger partial charge in [-0.05, 0) is 224 Å². The van der Waals surface area contributed by atoms with Crippen LogP contribution in [0.25, 0.3) is 154 Å². The van der Waals surface area contributed by atoms with Crippen molar-refractivity contribution in [2.24, 2.45) is 0 Å². The van der Waals surface area contributed by atoms with Crippen molar-refractivity contribution in [3.63, 3.8) is 0 Å². The van der Waals surface area contributed by atoms with Gasteiger partial charge in [0.15, 0.2) is 0 Å². The smallest absolute Gasteiger partial charge is 0.136 e. The highest BCUT2D eigenvalue weighted by Crippen LogP contribution is 2.59. The molecule has 0 saturated heterocycles. The van der Waals surface area contributed by atoms with Gasteiger partial charge in [0.2, 0.25) is 0 Å². The second-order valence-corrected chi connectivity index (χ2v) is 32.1. The zero-order valence-electron chi connectivity index (χ0n) is 65.1. The van der Waals surface area contributed by atoms with E-state index in [9.17, 15) is 0 Å². The molecule has 23 rings (SSSR count). The number of fused-ring (bicyclic) bond motifs is 14. The summed E-state index contributed by atoms with van der Waals surface area (Å²) in [5, 5.41) is 9.04. The van der Waals surface area contributed by atoms with Crippen LogP contribution in [-0.4, -0.2) is 0 Å². The number of furan rings is 2. The molecule has 0 saturated carbocycles. The summed E-state index contributed by atoms with van der Waals surface area (Å²) >= 11 is 0. The van der Waals surface area contributed by atoms with Gasteiger partial charge in [0.25, 0.3) is 0 Å². The van der Waals surface area contributed by atoms with Crippen LogP contribution < -0.4 is 9.80 Å². The Bertz CT molecular complexity index is 7570. The molecule has 0 fully saturated rings. The lowest BCUT2D eigenvalue weighted by molar-refractivity contribution is 0.662. The zero-order valence-corrected chi connectivity index (χ0v) is 65.1. The van der Waals surface area contributed by atoms with E-state index >= 15 is 0 Å². The van der Waals surface area contributed by atoms with E-state index in [-0.39, 0.29) is 5.41 Å². The van der Waals surface area contributed by atoms with Crippen molar-refractivity contribution in [2.45, 2.75) is 24.7 Å². The second kappa shape index (κ2) is 27.3. The first-order valence-corrected chi connectivity index (χ1v) is 40.8. The number of hydrogen-bond donors (Lipinski definition) is 0. The van der Waals surface area contributed by atoms with E-state index in [0.717, 1.165) is 123 Å². The minimum atomic E-state index is -0.743. The summed E-state index contributed by atoms with van der Waals surface area (Å²) in [6.45, 7) is 4.75. The average Bonchev–Trinajstić information content (AvgIpc) is 1.53. The molecule has 1 atom stereocenters. The van der Waals surface area contributed by atoms with Gasteiger partial charge in [-0.15, -0.1) is 0 Å². The third-order valence-corrected chi connectivity index (χ3v) is 25.3. The molecule has 2 heterocycles. The van der Waals surface area contributed by atoms with Gasteiger partial charge in [-0.25, -0.2) is 0 Å². The Morgan fingerprint density at radius 3 is 1.24 bits per heavy atom. The molecule has 0 spiro atoms. The van der Waals surface area contributed by atoms with Crippen LogP contribution in [0.2, 0.25) is 0 Å². The molecule has 0 amide bonds. The lowest BCUT2D eigenvalue weighted by Gasteiger charge is -2.35.